The minimum Gasteiger partial charge on any atom is -0.507 e. The van der Waals surface area contributed by atoms with Gasteiger partial charge in [-0.25, -0.2) is 8.78 Å². The Morgan fingerprint density at radius 3 is 2.55 bits per heavy atom. The second kappa shape index (κ2) is 7.99. The highest BCUT2D eigenvalue weighted by atomic mass is 32.1. The third kappa shape index (κ3) is 3.72. The van der Waals surface area contributed by atoms with Gasteiger partial charge in [0.15, 0.2) is 17.5 Å². The number of carbonyl (C=O) groups is 2. The van der Waals surface area contributed by atoms with Crippen LogP contribution in [-0.2, 0) is 16.1 Å². The van der Waals surface area contributed by atoms with Gasteiger partial charge in [0.25, 0.3) is 11.7 Å². The van der Waals surface area contributed by atoms with Gasteiger partial charge in [-0.2, -0.15) is 0 Å². The number of carbonyl (C=O) groups excluding carboxylic acids is 2. The van der Waals surface area contributed by atoms with Gasteiger partial charge in [0, 0.05) is 30.6 Å². The van der Waals surface area contributed by atoms with Crippen LogP contribution in [0.15, 0.2) is 57.8 Å². The summed E-state index contributed by atoms with van der Waals surface area (Å²) in [7, 11) is 3.54. The smallest absolute Gasteiger partial charge is 0.296 e. The molecule has 1 saturated heterocycles. The maximum Gasteiger partial charge on any atom is 0.296 e. The first-order valence-corrected chi connectivity index (χ1v) is 10.2. The quantitative estimate of drug-likeness (QED) is 0.361. The van der Waals surface area contributed by atoms with Crippen LogP contribution in [0.4, 0.5) is 14.7 Å². The first kappa shape index (κ1) is 20.8. The Hall–Kier alpha value is -3.46. The van der Waals surface area contributed by atoms with Crippen molar-refractivity contribution in [1.29, 1.82) is 0 Å². The van der Waals surface area contributed by atoms with Gasteiger partial charge in [-0.3, -0.25) is 9.59 Å². The van der Waals surface area contributed by atoms with E-state index in [2.05, 4.69) is 0 Å². The van der Waals surface area contributed by atoms with E-state index in [0.29, 0.717) is 5.88 Å². The van der Waals surface area contributed by atoms with E-state index in [1.165, 1.54) is 16.2 Å². The molecule has 1 unspecified atom stereocenters. The van der Waals surface area contributed by atoms with Crippen molar-refractivity contribution in [3.05, 3.63) is 81.3 Å². The summed E-state index contributed by atoms with van der Waals surface area (Å²) in [5.41, 5.74) is -0.357. The maximum absolute atomic E-state index is 13.7. The molecule has 1 aliphatic heterocycles. The van der Waals surface area contributed by atoms with Crippen LogP contribution in [0.2, 0.25) is 0 Å². The summed E-state index contributed by atoms with van der Waals surface area (Å²) in [5.74, 6) is -3.85. The lowest BCUT2D eigenvalue weighted by atomic mass is 9.99. The summed E-state index contributed by atoms with van der Waals surface area (Å²) >= 11 is 1.42. The second-order valence-electron chi connectivity index (χ2n) is 7.21. The Kier molecular flexibility index (Phi) is 5.36. The number of hydrogen-bond donors (Lipinski definition) is 1. The summed E-state index contributed by atoms with van der Waals surface area (Å²) in [6, 6.07) is 8.69. The molecule has 31 heavy (non-hydrogen) atoms. The van der Waals surface area contributed by atoms with Gasteiger partial charge in [0.1, 0.15) is 17.6 Å². The van der Waals surface area contributed by atoms with Crippen molar-refractivity contribution in [1.82, 2.24) is 4.90 Å². The van der Waals surface area contributed by atoms with Crippen molar-refractivity contribution >= 4 is 34.7 Å². The molecule has 0 spiro atoms. The average molecular weight is 444 g/mol. The molecule has 2 aromatic heterocycles. The maximum atomic E-state index is 13.7. The molecule has 0 bridgehead atoms. The number of rotatable bonds is 5. The lowest BCUT2D eigenvalue weighted by molar-refractivity contribution is -0.140. The van der Waals surface area contributed by atoms with Gasteiger partial charge in [0.05, 0.1) is 12.1 Å². The van der Waals surface area contributed by atoms with Gasteiger partial charge in [0.2, 0.25) is 0 Å². The van der Waals surface area contributed by atoms with E-state index in [0.717, 1.165) is 23.1 Å². The first-order chi connectivity index (χ1) is 14.8. The number of hydrogen-bond acceptors (Lipinski definition) is 6. The predicted molar refractivity (Wildman–Crippen MR) is 112 cm³/mol. The predicted octanol–water partition coefficient (Wildman–Crippen LogP) is 4.31. The lowest BCUT2D eigenvalue weighted by Gasteiger charge is -2.23. The van der Waals surface area contributed by atoms with Crippen molar-refractivity contribution in [2.45, 2.75) is 12.6 Å². The van der Waals surface area contributed by atoms with Crippen LogP contribution in [0.5, 0.6) is 0 Å². The van der Waals surface area contributed by atoms with Crippen LogP contribution >= 0.6 is 11.3 Å². The van der Waals surface area contributed by atoms with Crippen LogP contribution in [0, 0.1) is 11.6 Å². The molecule has 160 valence electrons. The molecule has 1 atom stereocenters. The standard InChI is InChI=1S/C22H18F2N2O4S/c1-25(2)17-8-7-16(30-17)19-18(20(27)12-5-6-14(23)15(24)10-12)21(28)22(29)26(19)11-13-4-3-9-31-13/h3-10,19,27H,11H2,1-2H3/b20-18+. The van der Waals surface area contributed by atoms with Crippen LogP contribution in [0.1, 0.15) is 22.2 Å². The van der Waals surface area contributed by atoms with E-state index in [1.807, 2.05) is 17.5 Å². The fraction of sp³-hybridized carbons (Fsp3) is 0.182. The summed E-state index contributed by atoms with van der Waals surface area (Å²) in [5, 5.41) is 12.7. The van der Waals surface area contributed by atoms with E-state index >= 15 is 0 Å². The number of amides is 1. The lowest BCUT2D eigenvalue weighted by Crippen LogP contribution is -2.28. The minimum atomic E-state index is -1.18. The molecule has 1 N–H and O–H groups in total. The largest absolute Gasteiger partial charge is 0.507 e. The number of nitrogens with zero attached hydrogens (tertiary/aromatic N) is 2. The number of ketones is 1. The fourth-order valence-electron chi connectivity index (χ4n) is 3.44. The van der Waals surface area contributed by atoms with Gasteiger partial charge < -0.3 is 19.3 Å². The normalized spacial score (nSPS) is 18.1. The highest BCUT2D eigenvalue weighted by molar-refractivity contribution is 7.09. The fourth-order valence-corrected chi connectivity index (χ4v) is 4.14. The molecule has 1 aliphatic rings. The average Bonchev–Trinajstić information content (AvgIpc) is 3.47. The van der Waals surface area contributed by atoms with Crippen molar-refractivity contribution < 1.29 is 27.9 Å². The molecule has 4 rings (SSSR count). The van der Waals surface area contributed by atoms with Gasteiger partial charge in [-0.05, 0) is 35.7 Å². The Bertz CT molecular complexity index is 1180. The van der Waals surface area contributed by atoms with E-state index in [9.17, 15) is 23.5 Å². The highest BCUT2D eigenvalue weighted by Gasteiger charge is 2.47. The van der Waals surface area contributed by atoms with E-state index < -0.39 is 35.1 Å². The number of aliphatic hydroxyl groups excluding tert-OH is 1. The van der Waals surface area contributed by atoms with Gasteiger partial charge >= 0.3 is 0 Å². The number of furan rings is 1. The molecule has 3 aromatic rings. The second-order valence-corrected chi connectivity index (χ2v) is 8.24. The summed E-state index contributed by atoms with van der Waals surface area (Å²) in [4.78, 5) is 29.6. The monoisotopic (exact) mass is 444 g/mol. The zero-order valence-corrected chi connectivity index (χ0v) is 17.5. The molecule has 6 nitrogen and oxygen atoms in total. The van der Waals surface area contributed by atoms with Gasteiger partial charge in [-0.1, -0.05) is 6.07 Å². The Morgan fingerprint density at radius 2 is 1.94 bits per heavy atom. The number of aliphatic hydroxyl groups is 1. The summed E-state index contributed by atoms with van der Waals surface area (Å²) in [6.45, 7) is 0.124. The number of benzene rings is 1. The highest BCUT2D eigenvalue weighted by Crippen LogP contribution is 2.42. The minimum absolute atomic E-state index is 0.114. The van der Waals surface area contributed by atoms with E-state index in [1.54, 1.807) is 31.1 Å². The molecule has 0 radical (unpaired) electrons. The van der Waals surface area contributed by atoms with E-state index in [4.69, 9.17) is 4.42 Å². The van der Waals surface area contributed by atoms with E-state index in [-0.39, 0.29) is 23.4 Å². The molecule has 1 fully saturated rings. The zero-order valence-electron chi connectivity index (χ0n) is 16.6. The third-order valence-electron chi connectivity index (χ3n) is 4.96. The molecule has 1 aromatic carbocycles. The topological polar surface area (TPSA) is 74.0 Å². The van der Waals surface area contributed by atoms with Crippen molar-refractivity contribution in [3.63, 3.8) is 0 Å². The van der Waals surface area contributed by atoms with Gasteiger partial charge in [-0.15, -0.1) is 11.3 Å². The number of halogens is 2. The summed E-state index contributed by atoms with van der Waals surface area (Å²) < 4.78 is 32.9. The Morgan fingerprint density at radius 1 is 1.16 bits per heavy atom. The number of anilines is 1. The number of Topliss-reactive ketones (excluding diaryl/α,β-unsaturated/α-hetero) is 1. The molecule has 0 aliphatic carbocycles. The van der Waals surface area contributed by atoms with Crippen LogP contribution < -0.4 is 4.90 Å². The molecule has 0 saturated carbocycles. The summed E-state index contributed by atoms with van der Waals surface area (Å²) in [6.07, 6.45) is 0. The first-order valence-electron chi connectivity index (χ1n) is 9.31. The van der Waals surface area contributed by atoms with Crippen molar-refractivity contribution in [3.8, 4) is 0 Å². The molecular formula is C22H18F2N2O4S. The van der Waals surface area contributed by atoms with Crippen LogP contribution in [-0.4, -0.2) is 35.8 Å². The Labute approximate surface area is 180 Å². The number of likely N-dealkylation sites (tertiary alicyclic amines) is 1. The number of thiophene rings is 1. The third-order valence-corrected chi connectivity index (χ3v) is 5.82. The van der Waals surface area contributed by atoms with Crippen molar-refractivity contribution in [2.24, 2.45) is 0 Å². The molecule has 9 heteroatoms. The Balaban J connectivity index is 1.87. The molecule has 3 heterocycles. The molecule has 1 amide bonds. The SMILES string of the molecule is CN(C)c1ccc(C2/C(=C(\O)c3ccc(F)c(F)c3)C(=O)C(=O)N2Cc2cccs2)o1. The van der Waals surface area contributed by atoms with Crippen LogP contribution in [0.3, 0.4) is 0 Å². The molecular weight excluding hydrogens is 426 g/mol. The van der Waals surface area contributed by atoms with Crippen molar-refractivity contribution in [2.75, 3.05) is 19.0 Å². The van der Waals surface area contributed by atoms with Crippen LogP contribution in [0.25, 0.3) is 5.76 Å². The zero-order chi connectivity index (χ0) is 22.3.